The van der Waals surface area contributed by atoms with Crippen molar-refractivity contribution in [2.75, 3.05) is 11.9 Å². The largest absolute Gasteiger partial charge is 0.490 e. The van der Waals surface area contributed by atoms with Gasteiger partial charge >= 0.3 is 0 Å². The van der Waals surface area contributed by atoms with E-state index in [1.165, 1.54) is 29.5 Å². The Morgan fingerprint density at radius 3 is 2.64 bits per heavy atom. The van der Waals surface area contributed by atoms with Gasteiger partial charge in [0.1, 0.15) is 29.1 Å². The molecule has 3 aromatic rings. The summed E-state index contributed by atoms with van der Waals surface area (Å²) in [5, 5.41) is 21.2. The van der Waals surface area contributed by atoms with Gasteiger partial charge in [0.15, 0.2) is 11.5 Å². The van der Waals surface area contributed by atoms with Gasteiger partial charge in [0.05, 0.1) is 6.61 Å². The van der Waals surface area contributed by atoms with E-state index in [2.05, 4.69) is 15.5 Å². The quantitative estimate of drug-likeness (QED) is 0.328. The lowest BCUT2D eigenvalue weighted by Crippen LogP contribution is -2.13. The predicted octanol–water partition coefficient (Wildman–Crippen LogP) is 5.15. The van der Waals surface area contributed by atoms with Crippen LogP contribution in [0.4, 0.5) is 9.52 Å². The van der Waals surface area contributed by atoms with Crippen molar-refractivity contribution in [3.8, 4) is 17.6 Å². The molecule has 2 aromatic carbocycles. The average molecular weight is 467 g/mol. The lowest BCUT2D eigenvalue weighted by atomic mass is 10.1. The van der Waals surface area contributed by atoms with Gasteiger partial charge in [-0.3, -0.25) is 10.1 Å². The van der Waals surface area contributed by atoms with Crippen molar-refractivity contribution < 1.29 is 18.7 Å². The molecule has 0 aliphatic rings. The second-order valence-corrected chi connectivity index (χ2v) is 7.99. The molecule has 3 rings (SSSR count). The van der Waals surface area contributed by atoms with Crippen LogP contribution in [0.25, 0.3) is 6.08 Å². The molecule has 0 bridgehead atoms. The molecular formula is C24H23FN4O3S. The number of nitrogens with one attached hydrogen (secondary N) is 1. The van der Waals surface area contributed by atoms with Crippen molar-refractivity contribution in [1.82, 2.24) is 10.2 Å². The Morgan fingerprint density at radius 1 is 1.15 bits per heavy atom. The van der Waals surface area contributed by atoms with E-state index in [1.807, 2.05) is 19.9 Å². The van der Waals surface area contributed by atoms with Gasteiger partial charge < -0.3 is 9.47 Å². The Kier molecular flexibility index (Phi) is 8.49. The topological polar surface area (TPSA) is 97.1 Å². The standard InChI is InChI=1S/C24H23FN4O3S/c1-3-5-22-28-29-24(33-22)27-23(30)18(14-26)12-17-8-11-20(21(13-17)31-4-2)32-15-16-6-9-19(25)10-7-16/h6-13H,3-5,15H2,1-2H3,(H,27,29,30)/b18-12-. The smallest absolute Gasteiger partial charge is 0.268 e. The second kappa shape index (κ2) is 11.7. The number of aromatic nitrogens is 2. The highest BCUT2D eigenvalue weighted by Gasteiger charge is 2.14. The zero-order valence-corrected chi connectivity index (χ0v) is 19.1. The molecule has 0 atom stereocenters. The molecule has 9 heteroatoms. The minimum absolute atomic E-state index is 0.0790. The summed E-state index contributed by atoms with van der Waals surface area (Å²) in [6.45, 7) is 4.52. The molecular weight excluding hydrogens is 443 g/mol. The maximum Gasteiger partial charge on any atom is 0.268 e. The summed E-state index contributed by atoms with van der Waals surface area (Å²) in [5.41, 5.74) is 1.33. The number of hydrogen-bond donors (Lipinski definition) is 1. The molecule has 7 nitrogen and oxygen atoms in total. The Morgan fingerprint density at radius 2 is 1.94 bits per heavy atom. The third kappa shape index (κ3) is 6.85. The molecule has 1 N–H and O–H groups in total. The summed E-state index contributed by atoms with van der Waals surface area (Å²) in [6.07, 6.45) is 3.18. The molecule has 0 spiro atoms. The highest BCUT2D eigenvalue weighted by Crippen LogP contribution is 2.30. The first-order valence-electron chi connectivity index (χ1n) is 10.4. The third-order valence-electron chi connectivity index (χ3n) is 4.40. The fourth-order valence-electron chi connectivity index (χ4n) is 2.84. The molecule has 0 unspecified atom stereocenters. The first-order valence-corrected chi connectivity index (χ1v) is 11.2. The number of anilines is 1. The van der Waals surface area contributed by atoms with Crippen LogP contribution in [0.15, 0.2) is 48.0 Å². The second-order valence-electron chi connectivity index (χ2n) is 6.93. The van der Waals surface area contributed by atoms with Gasteiger partial charge in [-0.1, -0.05) is 36.5 Å². The maximum atomic E-state index is 13.1. The van der Waals surface area contributed by atoms with Crippen molar-refractivity contribution in [3.05, 3.63) is 70.0 Å². The number of carbonyl (C=O) groups excluding carboxylic acids is 1. The fourth-order valence-corrected chi connectivity index (χ4v) is 3.68. The number of benzene rings is 2. The molecule has 0 aliphatic carbocycles. The first-order chi connectivity index (χ1) is 16.0. The van der Waals surface area contributed by atoms with E-state index in [0.29, 0.717) is 28.8 Å². The Labute approximate surface area is 195 Å². The summed E-state index contributed by atoms with van der Waals surface area (Å²) in [4.78, 5) is 12.5. The SMILES string of the molecule is CCCc1nnc(NC(=O)/C(C#N)=C\c2ccc(OCc3ccc(F)cc3)c(OCC)c2)s1. The molecule has 1 heterocycles. The van der Waals surface area contributed by atoms with Gasteiger partial charge in [-0.25, -0.2) is 4.39 Å². The Hall–Kier alpha value is -3.77. The van der Waals surface area contributed by atoms with E-state index < -0.39 is 5.91 Å². The fraction of sp³-hybridized carbons (Fsp3) is 0.250. The number of nitrogens with zero attached hydrogens (tertiary/aromatic N) is 3. The van der Waals surface area contributed by atoms with Gasteiger partial charge in [-0.15, -0.1) is 10.2 Å². The van der Waals surface area contributed by atoms with E-state index >= 15 is 0 Å². The normalized spacial score (nSPS) is 11.0. The zero-order valence-electron chi connectivity index (χ0n) is 18.3. The minimum atomic E-state index is -0.564. The molecule has 1 aromatic heterocycles. The van der Waals surface area contributed by atoms with Gasteiger partial charge in [0, 0.05) is 6.42 Å². The van der Waals surface area contributed by atoms with Gasteiger partial charge in [-0.2, -0.15) is 5.26 Å². The summed E-state index contributed by atoms with van der Waals surface area (Å²) >= 11 is 1.29. The van der Waals surface area contributed by atoms with E-state index in [9.17, 15) is 14.4 Å². The minimum Gasteiger partial charge on any atom is -0.490 e. The molecule has 0 aliphatic heterocycles. The van der Waals surface area contributed by atoms with Crippen molar-refractivity contribution in [1.29, 1.82) is 5.26 Å². The van der Waals surface area contributed by atoms with Crippen LogP contribution in [0.2, 0.25) is 0 Å². The summed E-state index contributed by atoms with van der Waals surface area (Å²) in [7, 11) is 0. The molecule has 0 saturated heterocycles. The highest BCUT2D eigenvalue weighted by atomic mass is 32.1. The lowest BCUT2D eigenvalue weighted by molar-refractivity contribution is -0.112. The number of carbonyl (C=O) groups is 1. The average Bonchev–Trinajstić information content (AvgIpc) is 3.25. The number of nitriles is 1. The van der Waals surface area contributed by atoms with Crippen molar-refractivity contribution in [2.45, 2.75) is 33.3 Å². The molecule has 170 valence electrons. The van der Waals surface area contributed by atoms with Crippen LogP contribution in [0.5, 0.6) is 11.5 Å². The number of rotatable bonds is 10. The first kappa shape index (κ1) is 23.9. The Balaban J connectivity index is 1.74. The van der Waals surface area contributed by atoms with Crippen LogP contribution in [-0.2, 0) is 17.8 Å². The van der Waals surface area contributed by atoms with Crippen LogP contribution in [0, 0.1) is 17.1 Å². The van der Waals surface area contributed by atoms with E-state index in [0.717, 1.165) is 23.4 Å². The number of aryl methyl sites for hydroxylation is 1. The van der Waals surface area contributed by atoms with Crippen LogP contribution >= 0.6 is 11.3 Å². The zero-order chi connectivity index (χ0) is 23.6. The van der Waals surface area contributed by atoms with E-state index in [-0.39, 0.29) is 18.0 Å². The molecule has 1 amide bonds. The van der Waals surface area contributed by atoms with Gasteiger partial charge in [-0.05, 0) is 54.8 Å². The number of halogens is 1. The maximum absolute atomic E-state index is 13.1. The van der Waals surface area contributed by atoms with Crippen LogP contribution < -0.4 is 14.8 Å². The molecule has 0 radical (unpaired) electrons. The van der Waals surface area contributed by atoms with Crippen molar-refractivity contribution in [2.24, 2.45) is 0 Å². The van der Waals surface area contributed by atoms with E-state index in [4.69, 9.17) is 9.47 Å². The molecule has 0 saturated carbocycles. The van der Waals surface area contributed by atoms with Gasteiger partial charge in [0.2, 0.25) is 5.13 Å². The summed E-state index contributed by atoms with van der Waals surface area (Å²) in [5.74, 6) is 0.0963. The number of ether oxygens (including phenoxy) is 2. The molecule has 0 fully saturated rings. The van der Waals surface area contributed by atoms with Crippen molar-refractivity contribution >= 4 is 28.5 Å². The van der Waals surface area contributed by atoms with Gasteiger partial charge in [0.25, 0.3) is 5.91 Å². The Bertz CT molecular complexity index is 1170. The third-order valence-corrected chi connectivity index (χ3v) is 5.30. The lowest BCUT2D eigenvalue weighted by Gasteiger charge is -2.13. The molecule has 33 heavy (non-hydrogen) atoms. The van der Waals surface area contributed by atoms with Crippen LogP contribution in [0.3, 0.4) is 0 Å². The predicted molar refractivity (Wildman–Crippen MR) is 124 cm³/mol. The summed E-state index contributed by atoms with van der Waals surface area (Å²) in [6, 6.07) is 13.1. The van der Waals surface area contributed by atoms with E-state index in [1.54, 1.807) is 30.3 Å². The highest BCUT2D eigenvalue weighted by molar-refractivity contribution is 7.15. The summed E-state index contributed by atoms with van der Waals surface area (Å²) < 4.78 is 24.6. The van der Waals surface area contributed by atoms with Crippen LogP contribution in [-0.4, -0.2) is 22.7 Å². The van der Waals surface area contributed by atoms with Crippen molar-refractivity contribution in [3.63, 3.8) is 0 Å². The van der Waals surface area contributed by atoms with Crippen LogP contribution in [0.1, 0.15) is 36.4 Å². The number of amides is 1. The monoisotopic (exact) mass is 466 g/mol. The number of hydrogen-bond acceptors (Lipinski definition) is 7.